The van der Waals surface area contributed by atoms with Crippen LogP contribution in [0.5, 0.6) is 0 Å². The fourth-order valence-electron chi connectivity index (χ4n) is 7.04. The zero-order chi connectivity index (χ0) is 22.6. The maximum absolute atomic E-state index is 13.1. The molecule has 0 radical (unpaired) electrons. The predicted molar refractivity (Wildman–Crippen MR) is 135 cm³/mol. The first-order valence-electron chi connectivity index (χ1n) is 13.3. The maximum Gasteiger partial charge on any atom is 0.319 e. The molecule has 4 heteroatoms. The topological polar surface area (TPSA) is 44.4 Å². The molecule has 4 nitrogen and oxygen atoms in total. The summed E-state index contributed by atoms with van der Waals surface area (Å²) in [4.78, 5) is 15.2. The van der Waals surface area contributed by atoms with Crippen molar-refractivity contribution in [2.75, 3.05) is 24.3 Å². The highest BCUT2D eigenvalue weighted by Gasteiger charge is 2.47. The van der Waals surface area contributed by atoms with E-state index in [1.165, 1.54) is 83.5 Å². The van der Waals surface area contributed by atoms with Crippen molar-refractivity contribution in [2.24, 2.45) is 23.2 Å². The van der Waals surface area contributed by atoms with Crippen LogP contribution in [0.25, 0.3) is 0 Å². The molecule has 1 aromatic carbocycles. The molecule has 32 heavy (non-hydrogen) atoms. The molecule has 3 saturated carbocycles. The van der Waals surface area contributed by atoms with Gasteiger partial charge in [0.25, 0.3) is 0 Å². The molecule has 0 aromatic heterocycles. The van der Waals surface area contributed by atoms with E-state index in [1.54, 1.807) is 0 Å². The minimum atomic E-state index is -0.0288. The maximum atomic E-state index is 13.1. The van der Waals surface area contributed by atoms with Gasteiger partial charge in [-0.3, -0.25) is 0 Å². The first-order chi connectivity index (χ1) is 15.5. The number of nitrogens with zero attached hydrogens (tertiary/aromatic N) is 1. The molecule has 0 bridgehead atoms. The van der Waals surface area contributed by atoms with Crippen LogP contribution in [0.4, 0.5) is 16.2 Å². The quantitative estimate of drug-likeness (QED) is 0.509. The molecule has 3 fully saturated rings. The molecule has 3 aliphatic carbocycles. The fraction of sp³-hybridized carbons (Fsp3) is 0.750. The Hall–Kier alpha value is -1.71. The van der Waals surface area contributed by atoms with Gasteiger partial charge >= 0.3 is 6.03 Å². The van der Waals surface area contributed by atoms with Crippen LogP contribution in [0.3, 0.4) is 0 Å². The van der Waals surface area contributed by atoms with Crippen molar-refractivity contribution in [3.63, 3.8) is 0 Å². The van der Waals surface area contributed by atoms with E-state index in [2.05, 4.69) is 34.6 Å². The molecule has 1 unspecified atom stereocenters. The van der Waals surface area contributed by atoms with E-state index in [4.69, 9.17) is 0 Å². The van der Waals surface area contributed by atoms with Crippen LogP contribution in [-0.2, 0) is 0 Å². The van der Waals surface area contributed by atoms with Crippen molar-refractivity contribution in [3.8, 4) is 0 Å². The summed E-state index contributed by atoms with van der Waals surface area (Å²) >= 11 is 0. The van der Waals surface area contributed by atoms with Crippen LogP contribution >= 0.6 is 0 Å². The second kappa shape index (κ2) is 10.5. The first-order valence-corrected chi connectivity index (χ1v) is 13.3. The Bertz CT molecular complexity index is 734. The SMILES string of the molecule is CN(C)c1ccc(NC(=O)N[C@H]2C[C@@H](C3CCCCC3)CCC2(C)C2CCCCC2)cc1. The third-order valence-corrected chi connectivity index (χ3v) is 9.19. The number of hydrogen-bond donors (Lipinski definition) is 2. The second-order valence-electron chi connectivity index (χ2n) is 11.4. The standard InChI is InChI=1S/C28H45N3O/c1-28(23-12-8-5-9-13-23)19-18-22(21-10-6-4-7-11-21)20-26(28)30-27(32)29-24-14-16-25(17-15-24)31(2)3/h14-17,21-23,26H,4-13,18-20H2,1-3H3,(H2,29,30,32)/t22-,26-,28?/m0/s1. The van der Waals surface area contributed by atoms with Gasteiger partial charge in [-0.2, -0.15) is 0 Å². The van der Waals surface area contributed by atoms with Gasteiger partial charge in [-0.05, 0) is 79.5 Å². The van der Waals surface area contributed by atoms with Gasteiger partial charge in [-0.1, -0.05) is 58.3 Å². The molecule has 0 spiro atoms. The molecule has 0 aliphatic heterocycles. The molecule has 3 atom stereocenters. The molecule has 178 valence electrons. The number of rotatable bonds is 5. The molecule has 1 aromatic rings. The van der Waals surface area contributed by atoms with Gasteiger partial charge in [-0.25, -0.2) is 4.79 Å². The monoisotopic (exact) mass is 439 g/mol. The molecule has 2 amide bonds. The summed E-state index contributed by atoms with van der Waals surface area (Å²) in [5.74, 6) is 2.43. The largest absolute Gasteiger partial charge is 0.378 e. The first kappa shape index (κ1) is 23.4. The molecular formula is C28H45N3O. The lowest BCUT2D eigenvalue weighted by molar-refractivity contribution is 0.0147. The fourth-order valence-corrected chi connectivity index (χ4v) is 7.04. The minimum Gasteiger partial charge on any atom is -0.378 e. The van der Waals surface area contributed by atoms with Gasteiger partial charge in [0, 0.05) is 31.5 Å². The Balaban J connectivity index is 1.45. The smallest absolute Gasteiger partial charge is 0.319 e. The van der Waals surface area contributed by atoms with E-state index >= 15 is 0 Å². The Kier molecular flexibility index (Phi) is 7.68. The van der Waals surface area contributed by atoms with Gasteiger partial charge in [-0.15, -0.1) is 0 Å². The molecule has 3 aliphatic rings. The van der Waals surface area contributed by atoms with E-state index in [-0.39, 0.29) is 17.5 Å². The van der Waals surface area contributed by atoms with Gasteiger partial charge < -0.3 is 15.5 Å². The normalized spacial score (nSPS) is 30.0. The van der Waals surface area contributed by atoms with Gasteiger partial charge in [0.1, 0.15) is 0 Å². The predicted octanol–water partition coefficient (Wildman–Crippen LogP) is 7.21. The van der Waals surface area contributed by atoms with Crippen molar-refractivity contribution in [3.05, 3.63) is 24.3 Å². The average molecular weight is 440 g/mol. The second-order valence-corrected chi connectivity index (χ2v) is 11.4. The van der Waals surface area contributed by atoms with Crippen LogP contribution in [0.15, 0.2) is 24.3 Å². The van der Waals surface area contributed by atoms with Crippen molar-refractivity contribution in [1.29, 1.82) is 0 Å². The Morgan fingerprint density at radius 1 is 0.875 bits per heavy atom. The summed E-state index contributed by atoms with van der Waals surface area (Å²) in [6.45, 7) is 2.50. The highest BCUT2D eigenvalue weighted by atomic mass is 16.2. The summed E-state index contributed by atoms with van der Waals surface area (Å²) in [6.07, 6.45) is 17.7. The number of urea groups is 1. The van der Waals surface area contributed by atoms with E-state index in [0.29, 0.717) is 0 Å². The molecule has 0 saturated heterocycles. The zero-order valence-electron chi connectivity index (χ0n) is 20.7. The van der Waals surface area contributed by atoms with Crippen LogP contribution < -0.4 is 15.5 Å². The Morgan fingerprint density at radius 3 is 2.12 bits per heavy atom. The highest BCUT2D eigenvalue weighted by molar-refractivity contribution is 5.89. The summed E-state index contributed by atoms with van der Waals surface area (Å²) < 4.78 is 0. The summed E-state index contributed by atoms with van der Waals surface area (Å²) in [6, 6.07) is 8.37. The summed E-state index contributed by atoms with van der Waals surface area (Å²) in [5, 5.41) is 6.62. The molecule has 2 N–H and O–H groups in total. The van der Waals surface area contributed by atoms with Crippen molar-refractivity contribution < 1.29 is 4.79 Å². The lowest BCUT2D eigenvalue weighted by Gasteiger charge is -2.52. The number of nitrogens with one attached hydrogen (secondary N) is 2. The van der Waals surface area contributed by atoms with E-state index in [9.17, 15) is 4.79 Å². The van der Waals surface area contributed by atoms with Gasteiger partial charge in [0.15, 0.2) is 0 Å². The van der Waals surface area contributed by atoms with E-state index in [1.807, 2.05) is 26.2 Å². The number of anilines is 2. The Labute approximate surface area is 195 Å². The van der Waals surface area contributed by atoms with Crippen molar-refractivity contribution in [1.82, 2.24) is 5.32 Å². The summed E-state index contributed by atoms with van der Waals surface area (Å²) in [7, 11) is 4.07. The van der Waals surface area contributed by atoms with E-state index in [0.717, 1.165) is 29.1 Å². The molecule has 4 rings (SSSR count). The lowest BCUT2D eigenvalue weighted by Crippen LogP contribution is -2.55. The van der Waals surface area contributed by atoms with Crippen LogP contribution in [0, 0.1) is 23.2 Å². The average Bonchev–Trinajstić information content (AvgIpc) is 2.82. The number of hydrogen-bond acceptors (Lipinski definition) is 2. The third kappa shape index (κ3) is 5.43. The number of carbonyl (C=O) groups excluding carboxylic acids is 1. The van der Waals surface area contributed by atoms with Gasteiger partial charge in [0.2, 0.25) is 0 Å². The number of benzene rings is 1. The highest BCUT2D eigenvalue weighted by Crippen LogP contribution is 2.51. The molecule has 0 heterocycles. The minimum absolute atomic E-state index is 0.0288. The zero-order valence-corrected chi connectivity index (χ0v) is 20.7. The third-order valence-electron chi connectivity index (χ3n) is 9.19. The number of amides is 2. The lowest BCUT2D eigenvalue weighted by atomic mass is 9.56. The Morgan fingerprint density at radius 2 is 1.50 bits per heavy atom. The van der Waals surface area contributed by atoms with E-state index < -0.39 is 0 Å². The van der Waals surface area contributed by atoms with Crippen molar-refractivity contribution >= 4 is 17.4 Å². The van der Waals surface area contributed by atoms with Crippen LogP contribution in [0.2, 0.25) is 0 Å². The van der Waals surface area contributed by atoms with Gasteiger partial charge in [0.05, 0.1) is 0 Å². The van der Waals surface area contributed by atoms with Crippen LogP contribution in [0.1, 0.15) is 90.4 Å². The van der Waals surface area contributed by atoms with Crippen molar-refractivity contribution in [2.45, 2.75) is 96.4 Å². The summed E-state index contributed by atoms with van der Waals surface area (Å²) in [5.41, 5.74) is 2.24. The van der Waals surface area contributed by atoms with Crippen LogP contribution in [-0.4, -0.2) is 26.2 Å². The number of carbonyl (C=O) groups is 1. The molecular weight excluding hydrogens is 394 g/mol.